The van der Waals surface area contributed by atoms with Crippen LogP contribution >= 0.6 is 0 Å². The minimum atomic E-state index is -0.428. The second-order valence-corrected chi connectivity index (χ2v) is 7.88. The summed E-state index contributed by atoms with van der Waals surface area (Å²) in [5.74, 6) is -0.355. The van der Waals surface area contributed by atoms with E-state index in [4.69, 9.17) is 5.73 Å². The molecule has 7 heteroatoms. The summed E-state index contributed by atoms with van der Waals surface area (Å²) in [5, 5.41) is 0. The number of hydrogen-bond donors (Lipinski definition) is 1. The van der Waals surface area contributed by atoms with Crippen molar-refractivity contribution in [3.05, 3.63) is 82.9 Å². The molecule has 2 amide bonds. The van der Waals surface area contributed by atoms with Crippen molar-refractivity contribution in [1.82, 2.24) is 14.5 Å². The van der Waals surface area contributed by atoms with Gasteiger partial charge in [0, 0.05) is 55.0 Å². The smallest absolute Gasteiger partial charge is 0.255 e. The van der Waals surface area contributed by atoms with Crippen LogP contribution in [-0.2, 0) is 6.54 Å². The number of hydrogen-bond acceptors (Lipinski definition) is 4. The van der Waals surface area contributed by atoms with Crippen molar-refractivity contribution in [1.29, 1.82) is 0 Å². The zero-order valence-electron chi connectivity index (χ0n) is 17.9. The number of nitrogens with two attached hydrogens (primary N) is 1. The van der Waals surface area contributed by atoms with Crippen molar-refractivity contribution < 1.29 is 9.59 Å². The van der Waals surface area contributed by atoms with Gasteiger partial charge in [0.15, 0.2) is 0 Å². The van der Waals surface area contributed by atoms with E-state index in [0.29, 0.717) is 25.2 Å². The fourth-order valence-electron chi connectivity index (χ4n) is 4.09. The lowest BCUT2D eigenvalue weighted by molar-refractivity contribution is 0.0745. The maximum atomic E-state index is 13.2. The molecular formula is C24H27N5O2. The summed E-state index contributed by atoms with van der Waals surface area (Å²) < 4.78 is 2.14. The molecule has 7 nitrogen and oxygen atoms in total. The largest absolute Gasteiger partial charge is 0.368 e. The molecule has 0 bridgehead atoms. The highest BCUT2D eigenvalue weighted by Crippen LogP contribution is 2.21. The molecule has 3 aromatic rings. The van der Waals surface area contributed by atoms with Crippen LogP contribution in [0.4, 0.5) is 5.69 Å². The number of carbonyl (C=O) groups excluding carboxylic acids is 2. The normalized spacial score (nSPS) is 14.0. The van der Waals surface area contributed by atoms with E-state index in [9.17, 15) is 9.59 Å². The number of piperazine rings is 1. The number of benzene rings is 1. The maximum absolute atomic E-state index is 13.2. The Bertz CT molecular complexity index is 1080. The van der Waals surface area contributed by atoms with Gasteiger partial charge in [0.1, 0.15) is 0 Å². The Morgan fingerprint density at radius 3 is 2.32 bits per heavy atom. The third-order valence-electron chi connectivity index (χ3n) is 5.93. The molecule has 31 heavy (non-hydrogen) atoms. The molecule has 160 valence electrons. The molecule has 0 unspecified atom stereocenters. The van der Waals surface area contributed by atoms with Gasteiger partial charge in [0.25, 0.3) is 5.91 Å². The van der Waals surface area contributed by atoms with Crippen LogP contribution in [0, 0.1) is 13.8 Å². The average molecular weight is 418 g/mol. The summed E-state index contributed by atoms with van der Waals surface area (Å²) in [4.78, 5) is 33.0. The lowest BCUT2D eigenvalue weighted by atomic mass is 10.1. The minimum absolute atomic E-state index is 0.0732. The Morgan fingerprint density at radius 2 is 1.71 bits per heavy atom. The number of pyridine rings is 1. The van der Waals surface area contributed by atoms with E-state index >= 15 is 0 Å². The number of anilines is 1. The number of aromatic nitrogens is 2. The zero-order chi connectivity index (χ0) is 22.0. The van der Waals surface area contributed by atoms with Crippen LogP contribution in [0.3, 0.4) is 0 Å². The van der Waals surface area contributed by atoms with E-state index in [0.717, 1.165) is 41.4 Å². The molecule has 0 radical (unpaired) electrons. The van der Waals surface area contributed by atoms with Crippen LogP contribution in [0.1, 0.15) is 37.8 Å². The van der Waals surface area contributed by atoms with E-state index < -0.39 is 5.91 Å². The van der Waals surface area contributed by atoms with E-state index in [2.05, 4.69) is 14.5 Å². The zero-order valence-corrected chi connectivity index (χ0v) is 17.9. The van der Waals surface area contributed by atoms with Gasteiger partial charge in [-0.3, -0.25) is 14.6 Å². The Morgan fingerprint density at radius 1 is 1.00 bits per heavy atom. The van der Waals surface area contributed by atoms with Gasteiger partial charge in [-0.05, 0) is 56.3 Å². The number of amides is 2. The molecule has 1 saturated heterocycles. The highest BCUT2D eigenvalue weighted by molar-refractivity contribution is 5.96. The van der Waals surface area contributed by atoms with Gasteiger partial charge in [-0.15, -0.1) is 0 Å². The molecule has 1 aliphatic heterocycles. The summed E-state index contributed by atoms with van der Waals surface area (Å²) >= 11 is 0. The second-order valence-electron chi connectivity index (χ2n) is 7.88. The number of nitrogens with zero attached hydrogens (tertiary/aromatic N) is 4. The molecule has 0 atom stereocenters. The van der Waals surface area contributed by atoms with Crippen molar-refractivity contribution in [3.8, 4) is 0 Å². The first kappa shape index (κ1) is 20.7. The lowest BCUT2D eigenvalue weighted by Crippen LogP contribution is -2.48. The van der Waals surface area contributed by atoms with Crippen molar-refractivity contribution in [2.75, 3.05) is 31.1 Å². The number of carbonyl (C=O) groups is 2. The van der Waals surface area contributed by atoms with Crippen LogP contribution in [0.2, 0.25) is 0 Å². The quantitative estimate of drug-likeness (QED) is 0.692. The first-order valence-corrected chi connectivity index (χ1v) is 10.4. The number of aryl methyl sites for hydroxylation is 1. The first-order valence-electron chi connectivity index (χ1n) is 10.4. The summed E-state index contributed by atoms with van der Waals surface area (Å²) in [7, 11) is 0. The molecule has 4 rings (SSSR count). The van der Waals surface area contributed by atoms with Crippen LogP contribution in [0.25, 0.3) is 0 Å². The van der Waals surface area contributed by atoms with Gasteiger partial charge in [-0.1, -0.05) is 6.07 Å². The summed E-state index contributed by atoms with van der Waals surface area (Å²) in [6.07, 6.45) is 1.79. The Kier molecular flexibility index (Phi) is 5.75. The van der Waals surface area contributed by atoms with Gasteiger partial charge >= 0.3 is 0 Å². The van der Waals surface area contributed by atoms with Crippen LogP contribution in [0.15, 0.2) is 54.7 Å². The molecule has 3 heterocycles. The molecule has 0 spiro atoms. The fourth-order valence-corrected chi connectivity index (χ4v) is 4.09. The Balaban J connectivity index is 1.43. The first-order chi connectivity index (χ1) is 14.9. The van der Waals surface area contributed by atoms with E-state index in [1.807, 2.05) is 55.1 Å². The highest BCUT2D eigenvalue weighted by atomic mass is 16.2. The van der Waals surface area contributed by atoms with Crippen molar-refractivity contribution in [2.24, 2.45) is 5.73 Å². The third-order valence-corrected chi connectivity index (χ3v) is 5.93. The number of primary amides is 1. The van der Waals surface area contributed by atoms with Crippen LogP contribution in [0.5, 0.6) is 0 Å². The lowest BCUT2D eigenvalue weighted by Gasteiger charge is -2.36. The highest BCUT2D eigenvalue weighted by Gasteiger charge is 2.25. The molecular weight excluding hydrogens is 390 g/mol. The van der Waals surface area contributed by atoms with Gasteiger partial charge in [-0.25, -0.2) is 0 Å². The Hall–Kier alpha value is -3.61. The maximum Gasteiger partial charge on any atom is 0.255 e. The van der Waals surface area contributed by atoms with E-state index in [1.165, 1.54) is 0 Å². The molecule has 0 aliphatic carbocycles. The van der Waals surface area contributed by atoms with Crippen molar-refractivity contribution in [2.45, 2.75) is 20.4 Å². The average Bonchev–Trinajstić information content (AvgIpc) is 3.08. The van der Waals surface area contributed by atoms with Crippen molar-refractivity contribution >= 4 is 17.5 Å². The summed E-state index contributed by atoms with van der Waals surface area (Å²) in [6, 6.07) is 15.1. The molecule has 0 saturated carbocycles. The predicted molar refractivity (Wildman–Crippen MR) is 120 cm³/mol. The SMILES string of the molecule is Cc1cc(C(=O)N2CCN(c3ccc(C(N)=O)cc3)CC2)c(C)n1Cc1ccccn1. The standard InChI is InChI=1S/C24H27N5O2/c1-17-15-22(18(2)29(17)16-20-5-3-4-10-26-20)24(31)28-13-11-27(12-14-28)21-8-6-19(7-9-21)23(25)30/h3-10,15H,11-14,16H2,1-2H3,(H2,25,30). The van der Waals surface area contributed by atoms with Crippen LogP contribution < -0.4 is 10.6 Å². The monoisotopic (exact) mass is 417 g/mol. The van der Waals surface area contributed by atoms with E-state index in [-0.39, 0.29) is 5.91 Å². The molecule has 1 aromatic carbocycles. The van der Waals surface area contributed by atoms with Crippen molar-refractivity contribution in [3.63, 3.8) is 0 Å². The second kappa shape index (κ2) is 8.63. The Labute approximate surface area is 182 Å². The molecule has 2 aromatic heterocycles. The molecule has 2 N–H and O–H groups in total. The van der Waals surface area contributed by atoms with Gasteiger partial charge in [-0.2, -0.15) is 0 Å². The fraction of sp³-hybridized carbons (Fsp3) is 0.292. The minimum Gasteiger partial charge on any atom is -0.368 e. The molecule has 1 aliphatic rings. The summed E-state index contributed by atoms with van der Waals surface area (Å²) in [6.45, 7) is 7.48. The summed E-state index contributed by atoms with van der Waals surface area (Å²) in [5.41, 5.74) is 10.6. The predicted octanol–water partition coefficient (Wildman–Crippen LogP) is 2.61. The van der Waals surface area contributed by atoms with Gasteiger partial charge in [0.05, 0.1) is 17.8 Å². The van der Waals surface area contributed by atoms with Gasteiger partial charge in [0.2, 0.25) is 5.91 Å². The van der Waals surface area contributed by atoms with Gasteiger partial charge < -0.3 is 20.1 Å². The number of rotatable bonds is 5. The molecule has 1 fully saturated rings. The van der Waals surface area contributed by atoms with E-state index in [1.54, 1.807) is 18.3 Å². The van der Waals surface area contributed by atoms with Crippen LogP contribution in [-0.4, -0.2) is 52.4 Å². The third kappa shape index (κ3) is 4.30. The topological polar surface area (TPSA) is 84.5 Å².